The Labute approximate surface area is 160 Å². The molecular weight excluding hydrogens is 342 g/mol. The summed E-state index contributed by atoms with van der Waals surface area (Å²) < 4.78 is 5.00. The van der Waals surface area contributed by atoms with Crippen molar-refractivity contribution in [1.82, 2.24) is 10.1 Å². The number of nitrogens with zero attached hydrogens (tertiary/aromatic N) is 2. The molecule has 4 aliphatic carbocycles. The summed E-state index contributed by atoms with van der Waals surface area (Å²) in [5, 5.41) is 6.67. The number of nitrogens with one attached hydrogen (secondary N) is 1. The summed E-state index contributed by atoms with van der Waals surface area (Å²) in [5.74, 6) is 3.85. The summed E-state index contributed by atoms with van der Waals surface area (Å²) in [5.41, 5.74) is -0.0674. The van der Waals surface area contributed by atoms with E-state index in [-0.39, 0.29) is 17.2 Å². The van der Waals surface area contributed by atoms with Crippen molar-refractivity contribution < 1.29 is 14.1 Å². The van der Waals surface area contributed by atoms with Gasteiger partial charge in [-0.1, -0.05) is 5.16 Å². The molecule has 0 radical (unpaired) electrons. The zero-order valence-corrected chi connectivity index (χ0v) is 16.1. The lowest BCUT2D eigenvalue weighted by atomic mass is 9.49. The van der Waals surface area contributed by atoms with E-state index in [4.69, 9.17) is 4.52 Å². The Kier molecular flexibility index (Phi) is 4.06. The third-order valence-corrected chi connectivity index (χ3v) is 7.52. The second-order valence-corrected chi connectivity index (χ2v) is 9.58. The standard InChI is InChI=1S/C21H29N3O3/c1-13-6-18(23-27-13)22-19(25)17-2-4-24(5-3-17)20(26)21-10-14-7-15(11-21)9-16(8-14)12-21/h6,14-17H,2-5,7-12H2,1H3,(H,22,23,25). The second-order valence-electron chi connectivity index (χ2n) is 9.58. The maximum atomic E-state index is 13.4. The number of amides is 2. The average Bonchev–Trinajstić information content (AvgIpc) is 3.05. The van der Waals surface area contributed by atoms with Gasteiger partial charge in [0.05, 0.1) is 5.41 Å². The van der Waals surface area contributed by atoms with Crippen LogP contribution in [0, 0.1) is 36.0 Å². The zero-order valence-electron chi connectivity index (χ0n) is 16.1. The number of anilines is 1. The van der Waals surface area contributed by atoms with Crippen LogP contribution < -0.4 is 5.32 Å². The fourth-order valence-electron chi connectivity index (χ4n) is 6.71. The van der Waals surface area contributed by atoms with E-state index in [1.54, 1.807) is 13.0 Å². The molecule has 4 saturated carbocycles. The summed E-state index contributed by atoms with van der Waals surface area (Å²) in [6.07, 6.45) is 8.89. The van der Waals surface area contributed by atoms with Crippen molar-refractivity contribution >= 4 is 17.6 Å². The van der Waals surface area contributed by atoms with Gasteiger partial charge in [-0.15, -0.1) is 0 Å². The lowest BCUT2D eigenvalue weighted by Gasteiger charge is -2.57. The SMILES string of the molecule is Cc1cc(NC(=O)C2CCN(C(=O)C34CC5CC(CC(C5)C3)C4)CC2)no1. The van der Waals surface area contributed by atoms with Gasteiger partial charge in [0, 0.05) is 25.1 Å². The zero-order chi connectivity index (χ0) is 18.6. The minimum absolute atomic E-state index is 0.00907. The van der Waals surface area contributed by atoms with Crippen molar-refractivity contribution in [3.05, 3.63) is 11.8 Å². The van der Waals surface area contributed by atoms with Gasteiger partial charge in [-0.3, -0.25) is 9.59 Å². The highest BCUT2D eigenvalue weighted by molar-refractivity contribution is 5.92. The van der Waals surface area contributed by atoms with E-state index in [1.165, 1.54) is 19.3 Å². The van der Waals surface area contributed by atoms with Crippen LogP contribution in [-0.2, 0) is 9.59 Å². The number of hydrogen-bond donors (Lipinski definition) is 1. The fraction of sp³-hybridized carbons (Fsp3) is 0.762. The molecule has 0 spiro atoms. The smallest absolute Gasteiger partial charge is 0.228 e. The summed E-state index contributed by atoms with van der Waals surface area (Å²) in [6, 6.07) is 1.73. The molecule has 5 fully saturated rings. The molecule has 0 unspecified atom stereocenters. The molecule has 2 amide bonds. The topological polar surface area (TPSA) is 75.4 Å². The molecule has 27 heavy (non-hydrogen) atoms. The van der Waals surface area contributed by atoms with Crippen LogP contribution in [0.15, 0.2) is 10.6 Å². The summed E-state index contributed by atoms with van der Waals surface area (Å²) in [7, 11) is 0. The van der Waals surface area contributed by atoms with Gasteiger partial charge in [0.25, 0.3) is 0 Å². The van der Waals surface area contributed by atoms with Crippen LogP contribution in [-0.4, -0.2) is 35.0 Å². The molecule has 6 nitrogen and oxygen atoms in total. The van der Waals surface area contributed by atoms with E-state index in [0.717, 1.165) is 49.9 Å². The Morgan fingerprint density at radius 3 is 2.22 bits per heavy atom. The quantitative estimate of drug-likeness (QED) is 0.884. The van der Waals surface area contributed by atoms with E-state index in [9.17, 15) is 9.59 Å². The van der Waals surface area contributed by atoms with E-state index < -0.39 is 0 Å². The highest BCUT2D eigenvalue weighted by Gasteiger charge is 2.55. The Morgan fingerprint density at radius 1 is 1.11 bits per heavy atom. The first-order valence-electron chi connectivity index (χ1n) is 10.5. The fourth-order valence-corrected chi connectivity index (χ4v) is 6.71. The van der Waals surface area contributed by atoms with Gasteiger partial charge in [0.15, 0.2) is 5.82 Å². The monoisotopic (exact) mass is 371 g/mol. The Balaban J connectivity index is 1.19. The summed E-state index contributed by atoms with van der Waals surface area (Å²) in [4.78, 5) is 28.0. The maximum Gasteiger partial charge on any atom is 0.228 e. The van der Waals surface area contributed by atoms with Gasteiger partial charge in [-0.2, -0.15) is 0 Å². The molecule has 4 bridgehead atoms. The lowest BCUT2D eigenvalue weighted by molar-refractivity contribution is -0.159. The van der Waals surface area contributed by atoms with E-state index in [1.807, 2.05) is 0 Å². The van der Waals surface area contributed by atoms with Crippen LogP contribution in [0.1, 0.15) is 57.1 Å². The van der Waals surface area contributed by atoms with Gasteiger partial charge in [-0.25, -0.2) is 0 Å². The van der Waals surface area contributed by atoms with Crippen molar-refractivity contribution in [2.75, 3.05) is 18.4 Å². The van der Waals surface area contributed by atoms with Crippen LogP contribution in [0.25, 0.3) is 0 Å². The first-order chi connectivity index (χ1) is 13.0. The van der Waals surface area contributed by atoms with Crippen molar-refractivity contribution in [2.45, 2.75) is 58.3 Å². The van der Waals surface area contributed by atoms with E-state index in [0.29, 0.717) is 30.6 Å². The predicted molar refractivity (Wildman–Crippen MR) is 99.8 cm³/mol. The molecule has 1 aromatic heterocycles. The highest BCUT2D eigenvalue weighted by Crippen LogP contribution is 2.60. The minimum atomic E-state index is -0.0674. The molecule has 6 rings (SSSR count). The van der Waals surface area contributed by atoms with E-state index >= 15 is 0 Å². The first kappa shape index (κ1) is 17.3. The molecule has 0 atom stereocenters. The van der Waals surface area contributed by atoms with Gasteiger partial charge in [0.2, 0.25) is 11.8 Å². The molecule has 2 heterocycles. The number of carbonyl (C=O) groups excluding carboxylic acids is 2. The van der Waals surface area contributed by atoms with Crippen molar-refractivity contribution in [3.63, 3.8) is 0 Å². The Morgan fingerprint density at radius 2 is 1.70 bits per heavy atom. The molecule has 1 N–H and O–H groups in total. The largest absolute Gasteiger partial charge is 0.360 e. The predicted octanol–water partition coefficient (Wildman–Crippen LogP) is 3.38. The number of aromatic nitrogens is 1. The van der Waals surface area contributed by atoms with Crippen LogP contribution in [0.5, 0.6) is 0 Å². The number of carbonyl (C=O) groups is 2. The second kappa shape index (κ2) is 6.35. The van der Waals surface area contributed by atoms with Gasteiger partial charge >= 0.3 is 0 Å². The van der Waals surface area contributed by atoms with Gasteiger partial charge in [0.1, 0.15) is 5.76 Å². The molecular formula is C21H29N3O3. The van der Waals surface area contributed by atoms with Crippen LogP contribution >= 0.6 is 0 Å². The summed E-state index contributed by atoms with van der Waals surface area (Å²) in [6.45, 7) is 3.21. The molecule has 1 saturated heterocycles. The molecule has 146 valence electrons. The minimum Gasteiger partial charge on any atom is -0.360 e. The van der Waals surface area contributed by atoms with Crippen LogP contribution in [0.4, 0.5) is 5.82 Å². The average molecular weight is 371 g/mol. The molecule has 0 aromatic carbocycles. The van der Waals surface area contributed by atoms with Crippen LogP contribution in [0.2, 0.25) is 0 Å². The number of likely N-dealkylation sites (tertiary alicyclic amines) is 1. The molecule has 5 aliphatic rings. The number of aryl methyl sites for hydroxylation is 1. The Hall–Kier alpha value is -1.85. The number of hydrogen-bond acceptors (Lipinski definition) is 4. The van der Waals surface area contributed by atoms with Gasteiger partial charge in [-0.05, 0) is 76.0 Å². The Bertz CT molecular complexity index is 712. The van der Waals surface area contributed by atoms with Gasteiger partial charge < -0.3 is 14.7 Å². The first-order valence-corrected chi connectivity index (χ1v) is 10.5. The summed E-state index contributed by atoms with van der Waals surface area (Å²) >= 11 is 0. The third-order valence-electron chi connectivity index (χ3n) is 7.52. The molecule has 6 heteroatoms. The van der Waals surface area contributed by atoms with Crippen molar-refractivity contribution in [3.8, 4) is 0 Å². The van der Waals surface area contributed by atoms with E-state index in [2.05, 4.69) is 15.4 Å². The maximum absolute atomic E-state index is 13.4. The highest BCUT2D eigenvalue weighted by atomic mass is 16.5. The number of rotatable bonds is 3. The van der Waals surface area contributed by atoms with Crippen molar-refractivity contribution in [1.29, 1.82) is 0 Å². The normalized spacial score (nSPS) is 35.4. The third kappa shape index (κ3) is 3.07. The molecule has 1 aromatic rings. The number of piperidine rings is 1. The molecule has 1 aliphatic heterocycles. The van der Waals surface area contributed by atoms with Crippen molar-refractivity contribution in [2.24, 2.45) is 29.1 Å². The van der Waals surface area contributed by atoms with Crippen LogP contribution in [0.3, 0.4) is 0 Å². The lowest BCUT2D eigenvalue weighted by Crippen LogP contribution is -2.56.